The maximum atomic E-state index is 12.9. The molecule has 0 bridgehead atoms. The Hall–Kier alpha value is -2.58. The molecule has 1 atom stereocenters. The van der Waals surface area contributed by atoms with Crippen molar-refractivity contribution in [3.05, 3.63) is 48.5 Å². The Morgan fingerprint density at radius 1 is 1.00 bits per heavy atom. The lowest BCUT2D eigenvalue weighted by Gasteiger charge is -2.31. The summed E-state index contributed by atoms with van der Waals surface area (Å²) in [6, 6.07) is 13.3. The third-order valence-electron chi connectivity index (χ3n) is 4.81. The van der Waals surface area contributed by atoms with Gasteiger partial charge in [0.2, 0.25) is 15.9 Å². The minimum Gasteiger partial charge on any atom is -0.497 e. The van der Waals surface area contributed by atoms with E-state index in [-0.39, 0.29) is 17.3 Å². The molecule has 0 aliphatic carbocycles. The number of amides is 1. The number of methoxy groups -OCH3 is 2. The van der Waals surface area contributed by atoms with Crippen molar-refractivity contribution in [2.75, 3.05) is 32.6 Å². The molecule has 2 aromatic rings. The highest BCUT2D eigenvalue weighted by Crippen LogP contribution is 2.26. The maximum absolute atomic E-state index is 12.9. The fourth-order valence-electron chi connectivity index (χ4n) is 3.19. The average molecular weight is 404 g/mol. The Bertz CT molecular complexity index is 911. The third kappa shape index (κ3) is 4.45. The van der Waals surface area contributed by atoms with Crippen LogP contribution >= 0.6 is 0 Å². The number of sulfonamides is 1. The minimum absolute atomic E-state index is 0.163. The quantitative estimate of drug-likeness (QED) is 0.800. The highest BCUT2D eigenvalue weighted by molar-refractivity contribution is 7.89. The van der Waals surface area contributed by atoms with Gasteiger partial charge in [-0.3, -0.25) is 4.79 Å². The zero-order chi connectivity index (χ0) is 20.1. The number of anilines is 1. The monoisotopic (exact) mass is 404 g/mol. The number of benzene rings is 2. The minimum atomic E-state index is -3.65. The number of piperidine rings is 1. The summed E-state index contributed by atoms with van der Waals surface area (Å²) in [6.07, 6.45) is 1.28. The second kappa shape index (κ2) is 8.62. The molecular formula is C20H24N2O5S. The molecule has 0 radical (unpaired) electrons. The number of nitrogens with zero attached hydrogens (tertiary/aromatic N) is 1. The number of carbonyl (C=O) groups excluding carboxylic acids is 1. The SMILES string of the molecule is COc1ccc(NC(=O)[C@H]2CCCN(S(=O)(=O)c3ccc(OC)cc3)C2)cc1. The van der Waals surface area contributed by atoms with Gasteiger partial charge in [-0.25, -0.2) is 8.42 Å². The van der Waals surface area contributed by atoms with Crippen molar-refractivity contribution in [3.63, 3.8) is 0 Å². The smallest absolute Gasteiger partial charge is 0.243 e. The summed E-state index contributed by atoms with van der Waals surface area (Å²) in [7, 11) is -0.549. The Morgan fingerprint density at radius 3 is 2.14 bits per heavy atom. The van der Waals surface area contributed by atoms with E-state index < -0.39 is 15.9 Å². The molecule has 0 aromatic heterocycles. The Morgan fingerprint density at radius 2 is 1.57 bits per heavy atom. The van der Waals surface area contributed by atoms with Crippen molar-refractivity contribution in [2.24, 2.45) is 5.92 Å². The van der Waals surface area contributed by atoms with Crippen LogP contribution < -0.4 is 14.8 Å². The molecule has 0 unspecified atom stereocenters. The summed E-state index contributed by atoms with van der Waals surface area (Å²) >= 11 is 0. The van der Waals surface area contributed by atoms with Crippen molar-refractivity contribution in [2.45, 2.75) is 17.7 Å². The van der Waals surface area contributed by atoms with E-state index in [1.165, 1.54) is 23.5 Å². The molecule has 1 heterocycles. The molecule has 0 spiro atoms. The molecule has 1 aliphatic heterocycles. The first kappa shape index (κ1) is 20.2. The first-order valence-electron chi connectivity index (χ1n) is 9.03. The summed E-state index contributed by atoms with van der Waals surface area (Å²) in [5, 5.41) is 2.86. The van der Waals surface area contributed by atoms with Crippen LogP contribution in [0.1, 0.15) is 12.8 Å². The predicted molar refractivity (Wildman–Crippen MR) is 106 cm³/mol. The predicted octanol–water partition coefficient (Wildman–Crippen LogP) is 2.74. The lowest BCUT2D eigenvalue weighted by molar-refractivity contribution is -0.120. The first-order valence-corrected chi connectivity index (χ1v) is 10.5. The van der Waals surface area contributed by atoms with E-state index in [4.69, 9.17) is 9.47 Å². The van der Waals surface area contributed by atoms with Crippen LogP contribution in [0.25, 0.3) is 0 Å². The molecule has 28 heavy (non-hydrogen) atoms. The third-order valence-corrected chi connectivity index (χ3v) is 6.69. The van der Waals surface area contributed by atoms with Crippen LogP contribution in [-0.2, 0) is 14.8 Å². The average Bonchev–Trinajstić information content (AvgIpc) is 2.74. The maximum Gasteiger partial charge on any atom is 0.243 e. The van der Waals surface area contributed by atoms with Crippen LogP contribution in [0.15, 0.2) is 53.4 Å². The normalized spacial score (nSPS) is 17.7. The highest BCUT2D eigenvalue weighted by atomic mass is 32.2. The summed E-state index contributed by atoms with van der Waals surface area (Å²) in [5.74, 6) is 0.713. The van der Waals surface area contributed by atoms with Crippen molar-refractivity contribution < 1.29 is 22.7 Å². The van der Waals surface area contributed by atoms with Gasteiger partial charge >= 0.3 is 0 Å². The van der Waals surface area contributed by atoms with Crippen LogP contribution in [0.4, 0.5) is 5.69 Å². The molecule has 0 saturated carbocycles. The van der Waals surface area contributed by atoms with E-state index in [9.17, 15) is 13.2 Å². The summed E-state index contributed by atoms with van der Waals surface area (Å²) < 4.78 is 37.4. The molecule has 2 aromatic carbocycles. The van der Waals surface area contributed by atoms with Gasteiger partial charge in [-0.15, -0.1) is 0 Å². The molecule has 3 rings (SSSR count). The molecule has 8 heteroatoms. The largest absolute Gasteiger partial charge is 0.497 e. The molecule has 1 N–H and O–H groups in total. The highest BCUT2D eigenvalue weighted by Gasteiger charge is 2.33. The van der Waals surface area contributed by atoms with Crippen LogP contribution in [0.2, 0.25) is 0 Å². The van der Waals surface area contributed by atoms with Crippen LogP contribution in [-0.4, -0.2) is 45.9 Å². The summed E-state index contributed by atoms with van der Waals surface area (Å²) in [4.78, 5) is 12.8. The van der Waals surface area contributed by atoms with E-state index in [0.717, 1.165) is 0 Å². The standard InChI is InChI=1S/C20H24N2O5S/c1-26-17-7-5-16(6-8-17)21-20(23)15-4-3-13-22(14-15)28(24,25)19-11-9-18(27-2)10-12-19/h5-12,15H,3-4,13-14H2,1-2H3,(H,21,23)/t15-/m0/s1. The number of nitrogens with one attached hydrogen (secondary N) is 1. The van der Waals surface area contributed by atoms with E-state index in [1.54, 1.807) is 43.5 Å². The van der Waals surface area contributed by atoms with Gasteiger partial charge < -0.3 is 14.8 Å². The lowest BCUT2D eigenvalue weighted by Crippen LogP contribution is -2.43. The fraction of sp³-hybridized carbons (Fsp3) is 0.350. The molecular weight excluding hydrogens is 380 g/mol. The molecule has 7 nitrogen and oxygen atoms in total. The number of carbonyl (C=O) groups is 1. The number of rotatable bonds is 6. The van der Waals surface area contributed by atoms with Crippen molar-refractivity contribution in [3.8, 4) is 11.5 Å². The van der Waals surface area contributed by atoms with Gasteiger partial charge in [-0.05, 0) is 61.4 Å². The van der Waals surface area contributed by atoms with Gasteiger partial charge in [0.1, 0.15) is 11.5 Å². The Balaban J connectivity index is 1.68. The van der Waals surface area contributed by atoms with E-state index in [0.29, 0.717) is 36.6 Å². The summed E-state index contributed by atoms with van der Waals surface area (Å²) in [5.41, 5.74) is 0.654. The van der Waals surface area contributed by atoms with Crippen molar-refractivity contribution >= 4 is 21.6 Å². The van der Waals surface area contributed by atoms with Crippen LogP contribution in [0, 0.1) is 5.92 Å². The first-order chi connectivity index (χ1) is 13.4. The van der Waals surface area contributed by atoms with Gasteiger partial charge in [-0.2, -0.15) is 4.31 Å². The van der Waals surface area contributed by atoms with Gasteiger partial charge in [0, 0.05) is 18.8 Å². The Labute approximate surface area is 165 Å². The van der Waals surface area contributed by atoms with Crippen molar-refractivity contribution in [1.29, 1.82) is 0 Å². The fourth-order valence-corrected chi connectivity index (χ4v) is 4.71. The second-order valence-corrected chi connectivity index (χ2v) is 8.53. The lowest BCUT2D eigenvalue weighted by atomic mass is 9.99. The van der Waals surface area contributed by atoms with Gasteiger partial charge in [0.05, 0.1) is 25.0 Å². The number of hydrogen-bond acceptors (Lipinski definition) is 5. The zero-order valence-corrected chi connectivity index (χ0v) is 16.7. The Kier molecular flexibility index (Phi) is 6.21. The van der Waals surface area contributed by atoms with E-state index in [1.807, 2.05) is 0 Å². The molecule has 150 valence electrons. The van der Waals surface area contributed by atoms with E-state index >= 15 is 0 Å². The molecule has 1 saturated heterocycles. The van der Waals surface area contributed by atoms with Gasteiger partial charge in [0.25, 0.3) is 0 Å². The molecule has 1 fully saturated rings. The van der Waals surface area contributed by atoms with Gasteiger partial charge in [-0.1, -0.05) is 0 Å². The van der Waals surface area contributed by atoms with Crippen LogP contribution in [0.3, 0.4) is 0 Å². The van der Waals surface area contributed by atoms with Crippen molar-refractivity contribution in [1.82, 2.24) is 4.31 Å². The molecule has 1 amide bonds. The van der Waals surface area contributed by atoms with Gasteiger partial charge in [0.15, 0.2) is 0 Å². The summed E-state index contributed by atoms with van der Waals surface area (Å²) in [6.45, 7) is 0.566. The number of ether oxygens (including phenoxy) is 2. The van der Waals surface area contributed by atoms with Crippen LogP contribution in [0.5, 0.6) is 11.5 Å². The zero-order valence-electron chi connectivity index (χ0n) is 15.9. The molecule has 1 aliphatic rings. The second-order valence-electron chi connectivity index (χ2n) is 6.60. The van der Waals surface area contributed by atoms with E-state index in [2.05, 4.69) is 5.32 Å². The number of hydrogen-bond donors (Lipinski definition) is 1. The topological polar surface area (TPSA) is 84.9 Å².